The lowest BCUT2D eigenvalue weighted by Gasteiger charge is -2.25. The highest BCUT2D eigenvalue weighted by Crippen LogP contribution is 2.24. The zero-order valence-corrected chi connectivity index (χ0v) is 20.1. The first-order valence-corrected chi connectivity index (χ1v) is 11.7. The Labute approximate surface area is 187 Å². The van der Waals surface area contributed by atoms with Gasteiger partial charge in [0.2, 0.25) is 10.0 Å². The van der Waals surface area contributed by atoms with Crippen LogP contribution < -0.4 is 10.6 Å². The van der Waals surface area contributed by atoms with Crippen LogP contribution in [0.5, 0.6) is 0 Å². The summed E-state index contributed by atoms with van der Waals surface area (Å²) in [5.41, 5.74) is 1.96. The largest absolute Gasteiger partial charge is 0.459 e. The molecule has 0 unspecified atom stereocenters. The summed E-state index contributed by atoms with van der Waals surface area (Å²) in [5.74, 6) is 3.19. The van der Waals surface area contributed by atoms with Crippen molar-refractivity contribution < 1.29 is 12.8 Å². The number of halogens is 1. The van der Waals surface area contributed by atoms with Crippen LogP contribution in [0.15, 0.2) is 33.7 Å². The molecule has 28 heavy (non-hydrogen) atoms. The molecule has 1 saturated heterocycles. The summed E-state index contributed by atoms with van der Waals surface area (Å²) >= 11 is 1.79. The van der Waals surface area contributed by atoms with E-state index in [0.29, 0.717) is 32.1 Å². The van der Waals surface area contributed by atoms with Gasteiger partial charge in [-0.25, -0.2) is 12.7 Å². The molecule has 0 amide bonds. The highest BCUT2D eigenvalue weighted by Gasteiger charge is 2.23. The molecule has 3 rings (SSSR count). The topological polar surface area (TPSA) is 86.9 Å². The Morgan fingerprint density at radius 1 is 1.25 bits per heavy atom. The van der Waals surface area contributed by atoms with E-state index >= 15 is 0 Å². The van der Waals surface area contributed by atoms with Gasteiger partial charge in [-0.3, -0.25) is 4.99 Å². The van der Waals surface area contributed by atoms with Crippen molar-refractivity contribution in [1.29, 1.82) is 0 Å². The van der Waals surface area contributed by atoms with Gasteiger partial charge in [-0.2, -0.15) is 11.8 Å². The van der Waals surface area contributed by atoms with Crippen LogP contribution in [0.1, 0.15) is 11.3 Å². The van der Waals surface area contributed by atoms with E-state index in [9.17, 15) is 8.42 Å². The molecule has 7 nitrogen and oxygen atoms in total. The van der Waals surface area contributed by atoms with Crippen molar-refractivity contribution >= 4 is 62.7 Å². The van der Waals surface area contributed by atoms with Crippen molar-refractivity contribution in [3.05, 3.63) is 35.6 Å². The van der Waals surface area contributed by atoms with E-state index in [2.05, 4.69) is 15.6 Å². The van der Waals surface area contributed by atoms with Crippen molar-refractivity contribution in [1.82, 2.24) is 14.9 Å². The van der Waals surface area contributed by atoms with Gasteiger partial charge >= 0.3 is 0 Å². The molecule has 1 aliphatic heterocycles. The number of furan rings is 1. The zero-order valence-electron chi connectivity index (χ0n) is 16.1. The Morgan fingerprint density at radius 3 is 2.64 bits per heavy atom. The molecule has 1 aliphatic rings. The first-order chi connectivity index (χ1) is 13.0. The molecular weight excluding hydrogens is 511 g/mol. The molecule has 1 aromatic heterocycles. The van der Waals surface area contributed by atoms with Crippen LogP contribution >= 0.6 is 35.7 Å². The highest BCUT2D eigenvalue weighted by molar-refractivity contribution is 14.0. The van der Waals surface area contributed by atoms with E-state index in [-0.39, 0.29) is 29.7 Å². The minimum absolute atomic E-state index is 0. The average Bonchev–Trinajstić information content (AvgIpc) is 3.01. The average molecular weight is 538 g/mol. The number of sulfonamides is 1. The van der Waals surface area contributed by atoms with Crippen LogP contribution in [0, 0.1) is 6.92 Å². The zero-order chi connectivity index (χ0) is 19.3. The van der Waals surface area contributed by atoms with E-state index in [1.54, 1.807) is 23.1 Å². The third-order valence-corrected chi connectivity index (χ3v) is 7.41. The molecule has 1 fully saturated rings. The van der Waals surface area contributed by atoms with Gasteiger partial charge in [0.15, 0.2) is 5.96 Å². The molecule has 1 aromatic carbocycles. The lowest BCUT2D eigenvalue weighted by Crippen LogP contribution is -2.44. The number of thioether (sulfide) groups is 1. The number of fused-ring (bicyclic) bond motifs is 1. The van der Waals surface area contributed by atoms with E-state index in [1.807, 2.05) is 31.2 Å². The van der Waals surface area contributed by atoms with Crippen molar-refractivity contribution in [2.75, 3.05) is 43.9 Å². The minimum atomic E-state index is -3.22. The lowest BCUT2D eigenvalue weighted by molar-refractivity contribution is 0.443. The maximum absolute atomic E-state index is 12.4. The van der Waals surface area contributed by atoms with Crippen LogP contribution in [-0.4, -0.2) is 62.6 Å². The smallest absolute Gasteiger partial charge is 0.215 e. The fraction of sp³-hybridized carbons (Fsp3) is 0.500. The minimum Gasteiger partial charge on any atom is -0.459 e. The third kappa shape index (κ3) is 5.77. The number of hydrogen-bond acceptors (Lipinski definition) is 5. The van der Waals surface area contributed by atoms with Crippen LogP contribution in [0.4, 0.5) is 0 Å². The second-order valence-corrected chi connectivity index (χ2v) is 9.64. The standard InChI is InChI=1S/C18H26N4O3S2.HI/c1-14-15-5-3-4-6-16(15)25-17(14)13-21-18(19-2)20-7-12-27(23,24)22-8-10-26-11-9-22;/h3-6H,7-13H2,1-2H3,(H2,19,20,21);1H. The Hall–Kier alpha value is -0.980. The number of hydrogen-bond donors (Lipinski definition) is 2. The Morgan fingerprint density at radius 2 is 1.96 bits per heavy atom. The summed E-state index contributed by atoms with van der Waals surface area (Å²) in [4.78, 5) is 4.16. The Kier molecular flexibility index (Phi) is 8.90. The molecule has 0 radical (unpaired) electrons. The summed E-state index contributed by atoms with van der Waals surface area (Å²) < 4.78 is 32.2. The van der Waals surface area contributed by atoms with Crippen molar-refractivity contribution in [2.45, 2.75) is 13.5 Å². The number of benzene rings is 1. The summed E-state index contributed by atoms with van der Waals surface area (Å²) in [6.07, 6.45) is 0. The molecule has 0 spiro atoms. The van der Waals surface area contributed by atoms with Crippen LogP contribution in [0.3, 0.4) is 0 Å². The fourth-order valence-electron chi connectivity index (χ4n) is 3.03. The third-order valence-electron chi connectivity index (χ3n) is 4.60. The normalized spacial score (nSPS) is 16.0. The van der Waals surface area contributed by atoms with Crippen LogP contribution in [-0.2, 0) is 16.6 Å². The number of para-hydroxylation sites is 1. The van der Waals surface area contributed by atoms with E-state index in [4.69, 9.17) is 4.42 Å². The number of nitrogens with zero attached hydrogens (tertiary/aromatic N) is 2. The summed E-state index contributed by atoms with van der Waals surface area (Å²) in [6, 6.07) is 7.92. The molecule has 0 bridgehead atoms. The van der Waals surface area contributed by atoms with Crippen molar-refractivity contribution in [3.63, 3.8) is 0 Å². The molecule has 0 saturated carbocycles. The summed E-state index contributed by atoms with van der Waals surface area (Å²) in [6.45, 7) is 4.03. The number of aliphatic imine (C=N–C) groups is 1. The van der Waals surface area contributed by atoms with Crippen molar-refractivity contribution in [2.24, 2.45) is 4.99 Å². The van der Waals surface area contributed by atoms with E-state index in [0.717, 1.165) is 33.8 Å². The van der Waals surface area contributed by atoms with Crippen LogP contribution in [0.25, 0.3) is 11.0 Å². The van der Waals surface area contributed by atoms with Gasteiger partial charge < -0.3 is 15.1 Å². The SMILES string of the molecule is CN=C(NCCS(=O)(=O)N1CCSCC1)NCc1oc2ccccc2c1C.I. The van der Waals surface area contributed by atoms with E-state index < -0.39 is 10.0 Å². The van der Waals surface area contributed by atoms with Crippen LogP contribution in [0.2, 0.25) is 0 Å². The number of guanidine groups is 1. The molecule has 0 atom stereocenters. The number of aryl methyl sites for hydroxylation is 1. The second kappa shape index (κ2) is 10.7. The van der Waals surface area contributed by atoms with Gasteiger partial charge in [-0.1, -0.05) is 18.2 Å². The number of rotatable bonds is 6. The molecule has 2 N–H and O–H groups in total. The molecule has 156 valence electrons. The molecule has 2 heterocycles. The lowest BCUT2D eigenvalue weighted by atomic mass is 10.1. The summed E-state index contributed by atoms with van der Waals surface area (Å²) in [5, 5.41) is 7.36. The quantitative estimate of drug-likeness (QED) is 0.334. The molecule has 2 aromatic rings. The maximum atomic E-state index is 12.4. The summed E-state index contributed by atoms with van der Waals surface area (Å²) in [7, 11) is -1.56. The first-order valence-electron chi connectivity index (χ1n) is 8.98. The highest BCUT2D eigenvalue weighted by atomic mass is 127. The van der Waals surface area contributed by atoms with E-state index in [1.165, 1.54) is 0 Å². The number of nitrogens with one attached hydrogen (secondary N) is 2. The van der Waals surface area contributed by atoms with Gasteiger partial charge in [0.1, 0.15) is 11.3 Å². The van der Waals surface area contributed by atoms with Gasteiger partial charge in [0.25, 0.3) is 0 Å². The maximum Gasteiger partial charge on any atom is 0.215 e. The molecular formula is C18H27IN4O3S2. The van der Waals surface area contributed by atoms with Gasteiger partial charge in [0, 0.05) is 49.1 Å². The molecule has 10 heteroatoms. The second-order valence-electron chi connectivity index (χ2n) is 6.33. The van der Waals surface area contributed by atoms with Gasteiger partial charge in [0.05, 0.1) is 12.3 Å². The van der Waals surface area contributed by atoms with Gasteiger partial charge in [-0.05, 0) is 13.0 Å². The monoisotopic (exact) mass is 538 g/mol. The fourth-order valence-corrected chi connectivity index (χ4v) is 5.52. The Balaban J connectivity index is 0.00000280. The predicted molar refractivity (Wildman–Crippen MR) is 127 cm³/mol. The van der Waals surface area contributed by atoms with Crippen molar-refractivity contribution in [3.8, 4) is 0 Å². The Bertz CT molecular complexity index is 909. The van der Waals surface area contributed by atoms with Gasteiger partial charge in [-0.15, -0.1) is 24.0 Å². The first kappa shape index (κ1) is 23.3. The molecule has 0 aliphatic carbocycles. The predicted octanol–water partition coefficient (Wildman–Crippen LogP) is 2.40.